The molecule has 0 amide bonds. The molecule has 0 spiro atoms. The number of rotatable bonds is 5. The van der Waals surface area contributed by atoms with Crippen LogP contribution in [0, 0.1) is 0 Å². The number of phosphoric ester groups is 1. The Bertz CT molecular complexity index is 1190. The van der Waals surface area contributed by atoms with Crippen LogP contribution in [0.4, 0.5) is 5.82 Å². The summed E-state index contributed by atoms with van der Waals surface area (Å²) in [6.45, 7) is 1.29. The first kappa shape index (κ1) is 22.4. The summed E-state index contributed by atoms with van der Waals surface area (Å²) in [5.74, 6) is 0.283. The van der Waals surface area contributed by atoms with E-state index in [1.165, 1.54) is 13.3 Å². The van der Waals surface area contributed by atoms with Gasteiger partial charge in [0.25, 0.3) is 0 Å². The summed E-state index contributed by atoms with van der Waals surface area (Å²) >= 11 is 0. The summed E-state index contributed by atoms with van der Waals surface area (Å²) in [5.41, 5.74) is 5.42. The molecule has 2 aliphatic heterocycles. The standard InChI is InChI=1S/C20H24N5O7P/c1-20(27)16(26)15(31-19(20)25-8-4-13-17(21)23-11-24-18(13)25)10-30-33(28)29-9-5-14(32-33)12-2-6-22-7-3-12/h2-4,6-8,11,14-16,19,26-27H,5,9-10H2,1H3,(H2,21,23,24)/t14-,15+,16+,19+,20+,33+/m0/s1. The van der Waals surface area contributed by atoms with E-state index in [1.807, 2.05) is 0 Å². The van der Waals surface area contributed by atoms with Crippen molar-refractivity contribution in [3.8, 4) is 0 Å². The van der Waals surface area contributed by atoms with Crippen LogP contribution in [0.2, 0.25) is 0 Å². The molecule has 0 saturated carbocycles. The topological polar surface area (TPSA) is 164 Å². The summed E-state index contributed by atoms with van der Waals surface area (Å²) in [4.78, 5) is 12.1. The van der Waals surface area contributed by atoms with E-state index in [9.17, 15) is 14.8 Å². The maximum atomic E-state index is 13.0. The number of ether oxygens (including phenoxy) is 1. The molecule has 5 heterocycles. The molecule has 13 heteroatoms. The molecule has 12 nitrogen and oxygen atoms in total. The molecule has 4 N–H and O–H groups in total. The fraction of sp³-hybridized carbons (Fsp3) is 0.450. The number of nitrogen functional groups attached to an aromatic ring is 1. The van der Waals surface area contributed by atoms with Crippen molar-refractivity contribution in [2.75, 3.05) is 18.9 Å². The van der Waals surface area contributed by atoms with Crippen LogP contribution in [0.1, 0.15) is 31.2 Å². The summed E-state index contributed by atoms with van der Waals surface area (Å²) < 4.78 is 36.9. The first-order chi connectivity index (χ1) is 15.8. The molecule has 33 heavy (non-hydrogen) atoms. The van der Waals surface area contributed by atoms with Crippen molar-refractivity contribution in [3.63, 3.8) is 0 Å². The highest BCUT2D eigenvalue weighted by Gasteiger charge is 2.54. The third kappa shape index (κ3) is 4.04. The van der Waals surface area contributed by atoms with Crippen LogP contribution in [-0.2, 0) is 22.9 Å². The normalized spacial score (nSPS) is 34.6. The highest BCUT2D eigenvalue weighted by molar-refractivity contribution is 7.48. The number of aliphatic hydroxyl groups excluding tert-OH is 1. The predicted octanol–water partition coefficient (Wildman–Crippen LogP) is 1.72. The number of hydrogen-bond donors (Lipinski definition) is 3. The molecule has 176 valence electrons. The number of nitrogens with zero attached hydrogens (tertiary/aromatic N) is 4. The lowest BCUT2D eigenvalue weighted by molar-refractivity contribution is -0.0950. The summed E-state index contributed by atoms with van der Waals surface area (Å²) in [5, 5.41) is 22.4. The van der Waals surface area contributed by atoms with E-state index < -0.39 is 38.0 Å². The van der Waals surface area contributed by atoms with Crippen molar-refractivity contribution in [1.82, 2.24) is 19.5 Å². The van der Waals surface area contributed by atoms with Gasteiger partial charge in [-0.1, -0.05) is 0 Å². The van der Waals surface area contributed by atoms with Gasteiger partial charge in [0.15, 0.2) is 6.23 Å². The van der Waals surface area contributed by atoms with Crippen molar-refractivity contribution >= 4 is 24.7 Å². The minimum Gasteiger partial charge on any atom is -0.387 e. The molecule has 2 fully saturated rings. The second-order valence-corrected chi connectivity index (χ2v) is 9.78. The van der Waals surface area contributed by atoms with Crippen LogP contribution >= 0.6 is 7.82 Å². The van der Waals surface area contributed by atoms with E-state index >= 15 is 0 Å². The fourth-order valence-corrected chi connectivity index (χ4v) is 5.50. The van der Waals surface area contributed by atoms with Crippen LogP contribution < -0.4 is 5.73 Å². The van der Waals surface area contributed by atoms with Gasteiger partial charge in [0.2, 0.25) is 0 Å². The van der Waals surface area contributed by atoms with E-state index in [-0.39, 0.29) is 19.0 Å². The molecule has 0 unspecified atom stereocenters. The molecule has 0 bridgehead atoms. The molecule has 2 saturated heterocycles. The van der Waals surface area contributed by atoms with Crippen LogP contribution in [0.3, 0.4) is 0 Å². The van der Waals surface area contributed by atoms with Crippen molar-refractivity contribution in [1.29, 1.82) is 0 Å². The Morgan fingerprint density at radius 3 is 2.91 bits per heavy atom. The lowest BCUT2D eigenvalue weighted by Crippen LogP contribution is -2.44. The smallest absolute Gasteiger partial charge is 0.387 e. The van der Waals surface area contributed by atoms with Crippen LogP contribution in [-0.4, -0.2) is 60.8 Å². The lowest BCUT2D eigenvalue weighted by Gasteiger charge is -2.30. The van der Waals surface area contributed by atoms with Gasteiger partial charge in [-0.25, -0.2) is 14.5 Å². The van der Waals surface area contributed by atoms with E-state index in [1.54, 1.807) is 41.4 Å². The van der Waals surface area contributed by atoms with E-state index in [0.717, 1.165) is 5.56 Å². The molecule has 5 rings (SSSR count). The monoisotopic (exact) mass is 477 g/mol. The van der Waals surface area contributed by atoms with Gasteiger partial charge in [0, 0.05) is 25.0 Å². The number of phosphoric acid groups is 1. The first-order valence-electron chi connectivity index (χ1n) is 10.4. The van der Waals surface area contributed by atoms with Crippen molar-refractivity contribution < 1.29 is 33.1 Å². The second kappa shape index (κ2) is 8.41. The Hall–Kier alpha value is -2.44. The van der Waals surface area contributed by atoms with Gasteiger partial charge in [-0.2, -0.15) is 0 Å². The zero-order valence-corrected chi connectivity index (χ0v) is 18.6. The Morgan fingerprint density at radius 2 is 2.12 bits per heavy atom. The molecule has 0 aromatic carbocycles. The zero-order chi connectivity index (χ0) is 23.2. The molecular formula is C20H24N5O7P. The Labute approximate surface area is 188 Å². The van der Waals surface area contributed by atoms with Gasteiger partial charge in [-0.05, 0) is 30.7 Å². The average Bonchev–Trinajstić information content (AvgIpc) is 3.33. The predicted molar refractivity (Wildman–Crippen MR) is 115 cm³/mol. The van der Waals surface area contributed by atoms with Gasteiger partial charge in [-0.3, -0.25) is 18.6 Å². The highest BCUT2D eigenvalue weighted by atomic mass is 31.2. The van der Waals surface area contributed by atoms with E-state index in [4.69, 9.17) is 24.0 Å². The molecule has 6 atom stereocenters. The van der Waals surface area contributed by atoms with Gasteiger partial charge in [0.05, 0.1) is 24.7 Å². The molecular weight excluding hydrogens is 453 g/mol. The number of hydrogen-bond acceptors (Lipinski definition) is 11. The van der Waals surface area contributed by atoms with Gasteiger partial charge >= 0.3 is 7.82 Å². The number of aliphatic hydroxyl groups is 2. The number of nitrogens with two attached hydrogens (primary N) is 1. The maximum Gasteiger partial charge on any atom is 0.475 e. The third-order valence-corrected chi connectivity index (χ3v) is 7.38. The Balaban J connectivity index is 1.31. The van der Waals surface area contributed by atoms with Crippen molar-refractivity contribution in [2.24, 2.45) is 0 Å². The SMILES string of the molecule is C[C@@]1(O)[C@H](O)[C@@H](CO[P@@]2(=O)OCC[C@@H](c3ccncc3)O2)O[C@H]1n1ccc2c(N)ncnc21. The lowest BCUT2D eigenvalue weighted by atomic mass is 9.96. The molecule has 2 aliphatic rings. The molecule has 0 aliphatic carbocycles. The van der Waals surface area contributed by atoms with E-state index in [0.29, 0.717) is 17.5 Å². The summed E-state index contributed by atoms with van der Waals surface area (Å²) in [6.07, 6.45) is 2.83. The van der Waals surface area contributed by atoms with Crippen molar-refractivity contribution in [3.05, 3.63) is 48.7 Å². The second-order valence-electron chi connectivity index (χ2n) is 8.16. The minimum atomic E-state index is -3.92. The van der Waals surface area contributed by atoms with Crippen molar-refractivity contribution in [2.45, 2.75) is 43.5 Å². The largest absolute Gasteiger partial charge is 0.475 e. The fourth-order valence-electron chi connectivity index (χ4n) is 4.11. The number of fused-ring (bicyclic) bond motifs is 1. The Morgan fingerprint density at radius 1 is 1.33 bits per heavy atom. The number of pyridine rings is 1. The van der Waals surface area contributed by atoms with Crippen LogP contribution in [0.25, 0.3) is 11.0 Å². The highest BCUT2D eigenvalue weighted by Crippen LogP contribution is 2.57. The first-order valence-corrected chi connectivity index (χ1v) is 11.8. The molecule has 3 aromatic rings. The minimum absolute atomic E-state index is 0.176. The van der Waals surface area contributed by atoms with Crippen LogP contribution in [0.5, 0.6) is 0 Å². The molecule has 3 aromatic heterocycles. The third-order valence-electron chi connectivity index (χ3n) is 5.91. The van der Waals surface area contributed by atoms with Crippen LogP contribution in [0.15, 0.2) is 43.1 Å². The van der Waals surface area contributed by atoms with Gasteiger partial charge in [0.1, 0.15) is 35.6 Å². The Kier molecular flexibility index (Phi) is 5.69. The number of aromatic nitrogens is 4. The average molecular weight is 477 g/mol. The van der Waals surface area contributed by atoms with Gasteiger partial charge < -0.3 is 25.3 Å². The molecule has 0 radical (unpaired) electrons. The van der Waals surface area contributed by atoms with Gasteiger partial charge in [-0.15, -0.1) is 0 Å². The quantitative estimate of drug-likeness (QED) is 0.458. The van der Waals surface area contributed by atoms with E-state index in [2.05, 4.69) is 15.0 Å². The zero-order valence-electron chi connectivity index (χ0n) is 17.7. The number of anilines is 1. The maximum absolute atomic E-state index is 13.0. The summed E-state index contributed by atoms with van der Waals surface area (Å²) in [7, 11) is -3.92. The summed E-state index contributed by atoms with van der Waals surface area (Å²) in [6, 6.07) is 5.23.